The molecule has 0 saturated carbocycles. The molecule has 1 unspecified atom stereocenters. The van der Waals surface area contributed by atoms with Crippen molar-refractivity contribution in [1.82, 2.24) is 5.32 Å². The largest absolute Gasteiger partial charge is 0.494 e. The van der Waals surface area contributed by atoms with E-state index in [1.807, 2.05) is 5.32 Å². The first-order valence-corrected chi connectivity index (χ1v) is 11.5. The number of aliphatic carboxylic acids is 1. The van der Waals surface area contributed by atoms with Crippen LogP contribution in [0.25, 0.3) is 5.57 Å². The zero-order valence-electron chi connectivity index (χ0n) is 19.8. The number of hydrogen-bond acceptors (Lipinski definition) is 3. The normalized spacial score (nSPS) is 18.5. The van der Waals surface area contributed by atoms with E-state index in [-0.39, 0.29) is 41.9 Å². The van der Waals surface area contributed by atoms with Gasteiger partial charge >= 0.3 is 18.3 Å². The standard InChI is InChI=1S/C26H25F6NO4/c1-16-5-7-17(8-6-16)20-15-24(26(30,31)32,33-22(34)21(20)23(35)36)18-9-11-19(12-10-18)37-14-4-2-3-13-25(27,28)29/h5-12H,2-4,13-15H2,1H3,(H,33,34)(H,35,36). The monoisotopic (exact) mass is 529 g/mol. The van der Waals surface area contributed by atoms with Crippen molar-refractivity contribution in [2.75, 3.05) is 6.61 Å². The van der Waals surface area contributed by atoms with Gasteiger partial charge in [0, 0.05) is 12.8 Å². The molecule has 1 atom stereocenters. The molecule has 2 aromatic rings. The maximum atomic E-state index is 14.5. The third-order valence-corrected chi connectivity index (χ3v) is 6.12. The first-order valence-electron chi connectivity index (χ1n) is 11.5. The van der Waals surface area contributed by atoms with Gasteiger partial charge < -0.3 is 15.2 Å². The second-order valence-corrected chi connectivity index (χ2v) is 8.86. The van der Waals surface area contributed by atoms with Gasteiger partial charge in [0.25, 0.3) is 5.91 Å². The predicted molar refractivity (Wildman–Crippen MR) is 123 cm³/mol. The maximum Gasteiger partial charge on any atom is 0.416 e. The van der Waals surface area contributed by atoms with Crippen LogP contribution in [0, 0.1) is 6.92 Å². The molecule has 1 heterocycles. The van der Waals surface area contributed by atoms with Crippen molar-refractivity contribution in [3.8, 4) is 5.75 Å². The fraction of sp³-hybridized carbons (Fsp3) is 0.385. The van der Waals surface area contributed by atoms with Crippen molar-refractivity contribution in [2.24, 2.45) is 0 Å². The van der Waals surface area contributed by atoms with E-state index >= 15 is 0 Å². The van der Waals surface area contributed by atoms with Gasteiger partial charge in [-0.25, -0.2) is 4.79 Å². The Labute approximate surface area is 209 Å². The minimum absolute atomic E-state index is 0.0469. The number of hydrogen-bond donors (Lipinski definition) is 2. The van der Waals surface area contributed by atoms with Crippen LogP contribution in [0.15, 0.2) is 54.1 Å². The van der Waals surface area contributed by atoms with E-state index in [0.29, 0.717) is 6.42 Å². The summed E-state index contributed by atoms with van der Waals surface area (Å²) in [7, 11) is 0. The molecule has 0 aliphatic carbocycles. The molecule has 0 radical (unpaired) electrons. The number of rotatable bonds is 9. The van der Waals surface area contributed by atoms with Crippen LogP contribution in [-0.4, -0.2) is 35.9 Å². The van der Waals surface area contributed by atoms with Crippen molar-refractivity contribution >= 4 is 17.4 Å². The maximum absolute atomic E-state index is 14.5. The number of benzene rings is 2. The van der Waals surface area contributed by atoms with E-state index in [0.717, 1.165) is 17.7 Å². The zero-order chi connectivity index (χ0) is 27.4. The van der Waals surface area contributed by atoms with Crippen molar-refractivity contribution < 1.29 is 45.8 Å². The van der Waals surface area contributed by atoms with Crippen LogP contribution in [0.2, 0.25) is 0 Å². The molecule has 3 rings (SSSR count). The Hall–Kier alpha value is -3.50. The molecule has 1 aliphatic rings. The summed E-state index contributed by atoms with van der Waals surface area (Å²) < 4.78 is 85.6. The Kier molecular flexibility index (Phi) is 8.24. The fourth-order valence-corrected chi connectivity index (χ4v) is 4.16. The number of aryl methyl sites for hydroxylation is 1. The Morgan fingerprint density at radius 2 is 1.59 bits per heavy atom. The van der Waals surface area contributed by atoms with Crippen molar-refractivity contribution in [3.05, 3.63) is 70.8 Å². The summed E-state index contributed by atoms with van der Waals surface area (Å²) in [5.41, 5.74) is -3.21. The van der Waals surface area contributed by atoms with Crippen LogP contribution in [0.1, 0.15) is 48.8 Å². The smallest absolute Gasteiger partial charge is 0.416 e. The van der Waals surface area contributed by atoms with Crippen LogP contribution in [0.3, 0.4) is 0 Å². The molecule has 5 nitrogen and oxygen atoms in total. The first kappa shape index (κ1) is 28.1. The van der Waals surface area contributed by atoms with Crippen molar-refractivity contribution in [3.63, 3.8) is 0 Å². The number of carbonyl (C=O) groups is 2. The van der Waals surface area contributed by atoms with E-state index in [2.05, 4.69) is 0 Å². The number of nitrogens with one attached hydrogen (secondary N) is 1. The number of halogens is 6. The molecule has 0 saturated heterocycles. The molecular weight excluding hydrogens is 504 g/mol. The minimum Gasteiger partial charge on any atom is -0.494 e. The third kappa shape index (κ3) is 6.64. The number of carboxylic acid groups (broad SMARTS) is 1. The van der Waals surface area contributed by atoms with Gasteiger partial charge in [-0.1, -0.05) is 42.0 Å². The lowest BCUT2D eigenvalue weighted by molar-refractivity contribution is -0.202. The molecule has 0 spiro atoms. The molecule has 0 bridgehead atoms. The molecule has 11 heteroatoms. The molecule has 1 amide bonds. The van der Waals surface area contributed by atoms with Crippen LogP contribution in [-0.2, 0) is 15.1 Å². The highest BCUT2D eigenvalue weighted by atomic mass is 19.4. The molecule has 1 aliphatic heterocycles. The van der Waals surface area contributed by atoms with E-state index in [4.69, 9.17) is 4.74 Å². The van der Waals surface area contributed by atoms with E-state index in [1.54, 1.807) is 19.1 Å². The van der Waals surface area contributed by atoms with Gasteiger partial charge in [-0.2, -0.15) is 26.3 Å². The van der Waals surface area contributed by atoms with Crippen LogP contribution in [0.5, 0.6) is 5.75 Å². The summed E-state index contributed by atoms with van der Waals surface area (Å²) in [6.07, 6.45) is -10.4. The number of alkyl halides is 6. The molecule has 2 N–H and O–H groups in total. The van der Waals surface area contributed by atoms with Crippen LogP contribution >= 0.6 is 0 Å². The highest BCUT2D eigenvalue weighted by Gasteiger charge is 2.60. The van der Waals surface area contributed by atoms with Gasteiger partial charge in [0.1, 0.15) is 11.3 Å². The molecular formula is C26H25F6NO4. The first-order chi connectivity index (χ1) is 17.2. The summed E-state index contributed by atoms with van der Waals surface area (Å²) in [5.74, 6) is -2.78. The van der Waals surface area contributed by atoms with Crippen LogP contribution in [0.4, 0.5) is 26.3 Å². The predicted octanol–water partition coefficient (Wildman–Crippen LogP) is 6.31. The zero-order valence-corrected chi connectivity index (χ0v) is 19.8. The summed E-state index contributed by atoms with van der Waals surface area (Å²) >= 11 is 0. The van der Waals surface area contributed by atoms with E-state index in [1.165, 1.54) is 24.3 Å². The number of carboxylic acids is 1. The van der Waals surface area contributed by atoms with Crippen molar-refractivity contribution in [2.45, 2.75) is 56.9 Å². The quantitative estimate of drug-likeness (QED) is 0.227. The third-order valence-electron chi connectivity index (χ3n) is 6.12. The van der Waals surface area contributed by atoms with Gasteiger partial charge in [-0.15, -0.1) is 0 Å². The minimum atomic E-state index is -4.98. The Morgan fingerprint density at radius 1 is 0.973 bits per heavy atom. The number of unbranched alkanes of at least 4 members (excludes halogenated alkanes) is 2. The molecule has 0 fully saturated rings. The summed E-state index contributed by atoms with van der Waals surface area (Å²) in [4.78, 5) is 24.5. The lowest BCUT2D eigenvalue weighted by Gasteiger charge is -2.41. The topological polar surface area (TPSA) is 75.6 Å². The van der Waals surface area contributed by atoms with Gasteiger partial charge in [-0.05, 0) is 55.0 Å². The highest BCUT2D eigenvalue weighted by Crippen LogP contribution is 2.48. The van der Waals surface area contributed by atoms with Gasteiger partial charge in [0.2, 0.25) is 0 Å². The van der Waals surface area contributed by atoms with E-state index in [9.17, 15) is 41.0 Å². The average molecular weight is 529 g/mol. The second-order valence-electron chi connectivity index (χ2n) is 8.86. The Bertz CT molecular complexity index is 1150. The summed E-state index contributed by atoms with van der Waals surface area (Å²) in [6.45, 7) is 1.84. The molecule has 37 heavy (non-hydrogen) atoms. The van der Waals surface area contributed by atoms with Gasteiger partial charge in [-0.3, -0.25) is 4.79 Å². The van der Waals surface area contributed by atoms with E-state index < -0.39 is 48.2 Å². The van der Waals surface area contributed by atoms with Gasteiger partial charge in [0.15, 0.2) is 5.54 Å². The Balaban J connectivity index is 1.85. The summed E-state index contributed by atoms with van der Waals surface area (Å²) in [6, 6.07) is 11.0. The molecule has 0 aromatic heterocycles. The highest BCUT2D eigenvalue weighted by molar-refractivity contribution is 6.22. The summed E-state index contributed by atoms with van der Waals surface area (Å²) in [5, 5.41) is 11.5. The molecule has 200 valence electrons. The lowest BCUT2D eigenvalue weighted by Crippen LogP contribution is -2.59. The molecule has 2 aromatic carbocycles. The van der Waals surface area contributed by atoms with Gasteiger partial charge in [0.05, 0.1) is 6.61 Å². The Morgan fingerprint density at radius 3 is 2.14 bits per heavy atom. The van der Waals surface area contributed by atoms with Crippen molar-refractivity contribution in [1.29, 1.82) is 0 Å². The number of carbonyl (C=O) groups excluding carboxylic acids is 1. The second kappa shape index (κ2) is 10.9. The fourth-order valence-electron chi connectivity index (χ4n) is 4.16. The SMILES string of the molecule is Cc1ccc(C2=C(C(=O)O)C(=O)NC(c3ccc(OCCCCCC(F)(F)F)cc3)(C(F)(F)F)C2)cc1. The lowest BCUT2D eigenvalue weighted by atomic mass is 9.76. The number of ether oxygens (including phenoxy) is 1. The van der Waals surface area contributed by atoms with Crippen LogP contribution < -0.4 is 10.1 Å². The number of amides is 1. The average Bonchev–Trinajstić information content (AvgIpc) is 2.80.